The normalized spacial score (nSPS) is 17.5. The van der Waals surface area contributed by atoms with Crippen LogP contribution in [0, 0.1) is 5.92 Å². The summed E-state index contributed by atoms with van der Waals surface area (Å²) < 4.78 is 5.42. The molecule has 0 amide bonds. The number of nitrogens with zero attached hydrogens (tertiary/aromatic N) is 3. The van der Waals surface area contributed by atoms with Gasteiger partial charge in [-0.1, -0.05) is 23.7 Å². The largest absolute Gasteiger partial charge is 0.332 e. The van der Waals surface area contributed by atoms with Crippen molar-refractivity contribution in [2.45, 2.75) is 26.2 Å². The summed E-state index contributed by atoms with van der Waals surface area (Å²) in [5.41, 5.74) is 4.07. The summed E-state index contributed by atoms with van der Waals surface area (Å²) in [6.45, 7) is 2.26. The van der Waals surface area contributed by atoms with E-state index in [-0.39, 0.29) is 0 Å². The number of halogens is 1. The van der Waals surface area contributed by atoms with Gasteiger partial charge in [0.25, 0.3) is 5.89 Å². The van der Waals surface area contributed by atoms with Crippen molar-refractivity contribution in [2.75, 3.05) is 0 Å². The Kier molecular flexibility index (Phi) is 3.22. The summed E-state index contributed by atoms with van der Waals surface area (Å²) in [7, 11) is 0. The van der Waals surface area contributed by atoms with E-state index in [0.717, 1.165) is 24.1 Å². The van der Waals surface area contributed by atoms with Gasteiger partial charge in [0, 0.05) is 21.8 Å². The molecule has 0 aliphatic heterocycles. The number of benzene rings is 1. The maximum absolute atomic E-state index is 5.90. The molecule has 6 heteroatoms. The maximum atomic E-state index is 5.90. The van der Waals surface area contributed by atoms with Gasteiger partial charge in [0.15, 0.2) is 5.69 Å². The van der Waals surface area contributed by atoms with Gasteiger partial charge in [0.05, 0.1) is 0 Å². The molecule has 0 unspecified atom stereocenters. The van der Waals surface area contributed by atoms with E-state index in [1.54, 1.807) is 0 Å². The van der Waals surface area contributed by atoms with E-state index in [1.807, 2.05) is 24.3 Å². The van der Waals surface area contributed by atoms with E-state index in [9.17, 15) is 0 Å². The first-order valence-corrected chi connectivity index (χ1v) is 7.74. The number of rotatable bonds is 2. The molecule has 0 spiro atoms. The molecule has 2 aromatic heterocycles. The van der Waals surface area contributed by atoms with Crippen molar-refractivity contribution in [3.05, 3.63) is 40.5 Å². The highest BCUT2D eigenvalue weighted by atomic mass is 35.5. The Bertz CT molecular complexity index is 806. The zero-order chi connectivity index (χ0) is 15.1. The first kappa shape index (κ1) is 13.5. The van der Waals surface area contributed by atoms with Crippen LogP contribution in [0.2, 0.25) is 5.02 Å². The van der Waals surface area contributed by atoms with Crippen LogP contribution in [0.5, 0.6) is 0 Å². The molecule has 2 heterocycles. The predicted octanol–water partition coefficient (Wildman–Crippen LogP) is 3.90. The van der Waals surface area contributed by atoms with Crippen molar-refractivity contribution in [1.82, 2.24) is 20.3 Å². The Hall–Kier alpha value is -2.14. The Morgan fingerprint density at radius 2 is 2.09 bits per heavy atom. The fourth-order valence-corrected chi connectivity index (χ4v) is 3.01. The summed E-state index contributed by atoms with van der Waals surface area (Å²) in [4.78, 5) is 4.48. The molecule has 1 aromatic carbocycles. The van der Waals surface area contributed by atoms with Crippen LogP contribution in [0.25, 0.3) is 23.0 Å². The number of aromatic nitrogens is 4. The Morgan fingerprint density at radius 3 is 2.91 bits per heavy atom. The number of nitrogens with one attached hydrogen (secondary N) is 1. The number of aryl methyl sites for hydroxylation is 1. The van der Waals surface area contributed by atoms with Gasteiger partial charge in [0.2, 0.25) is 5.82 Å². The lowest BCUT2D eigenvalue weighted by atomic mass is 9.88. The summed E-state index contributed by atoms with van der Waals surface area (Å²) in [6.07, 6.45) is 3.22. The Morgan fingerprint density at radius 1 is 1.27 bits per heavy atom. The smallest absolute Gasteiger partial charge is 0.279 e. The molecule has 0 fully saturated rings. The second-order valence-corrected chi connectivity index (χ2v) is 6.24. The van der Waals surface area contributed by atoms with Crippen LogP contribution in [0.4, 0.5) is 0 Å². The monoisotopic (exact) mass is 314 g/mol. The summed E-state index contributed by atoms with van der Waals surface area (Å²) in [5.74, 6) is 1.67. The fraction of sp³-hybridized carbons (Fsp3) is 0.312. The SMILES string of the molecule is C[C@@H]1CCc2[nH]nc(-c3nc(-c4ccc(Cl)cc4)no3)c2C1. The minimum Gasteiger partial charge on any atom is -0.332 e. The van der Waals surface area contributed by atoms with E-state index in [0.29, 0.717) is 22.7 Å². The van der Waals surface area contributed by atoms with Gasteiger partial charge >= 0.3 is 0 Å². The van der Waals surface area contributed by atoms with Crippen molar-refractivity contribution in [1.29, 1.82) is 0 Å². The van der Waals surface area contributed by atoms with Gasteiger partial charge in [-0.05, 0) is 49.4 Å². The van der Waals surface area contributed by atoms with E-state index in [4.69, 9.17) is 16.1 Å². The molecule has 0 saturated carbocycles. The fourth-order valence-electron chi connectivity index (χ4n) is 2.88. The third-order valence-electron chi connectivity index (χ3n) is 4.12. The lowest BCUT2D eigenvalue weighted by molar-refractivity contribution is 0.429. The standard InChI is InChI=1S/C16H15ClN4O/c1-9-2-7-13-12(8-9)14(20-19-13)16-18-15(21-22-16)10-3-5-11(17)6-4-10/h3-6,9H,2,7-8H2,1H3,(H,19,20)/t9-/m1/s1. The second-order valence-electron chi connectivity index (χ2n) is 5.81. The molecule has 0 radical (unpaired) electrons. The summed E-state index contributed by atoms with van der Waals surface area (Å²) >= 11 is 5.90. The minimum atomic E-state index is 0.469. The lowest BCUT2D eigenvalue weighted by Crippen LogP contribution is -2.10. The molecule has 5 nitrogen and oxygen atoms in total. The van der Waals surface area contributed by atoms with Crippen molar-refractivity contribution in [3.63, 3.8) is 0 Å². The van der Waals surface area contributed by atoms with Crippen LogP contribution >= 0.6 is 11.6 Å². The maximum Gasteiger partial charge on any atom is 0.279 e. The number of hydrogen-bond donors (Lipinski definition) is 1. The molecular weight excluding hydrogens is 300 g/mol. The van der Waals surface area contributed by atoms with Crippen LogP contribution < -0.4 is 0 Å². The molecule has 4 rings (SSSR count). The molecule has 1 N–H and O–H groups in total. The van der Waals surface area contributed by atoms with Gasteiger partial charge in [0.1, 0.15) is 0 Å². The predicted molar refractivity (Wildman–Crippen MR) is 83.5 cm³/mol. The Labute approximate surface area is 132 Å². The molecule has 0 saturated heterocycles. The molecule has 1 aliphatic rings. The highest BCUT2D eigenvalue weighted by Gasteiger charge is 2.25. The van der Waals surface area contributed by atoms with Gasteiger partial charge < -0.3 is 4.52 Å². The lowest BCUT2D eigenvalue weighted by Gasteiger charge is -2.17. The van der Waals surface area contributed by atoms with Crippen molar-refractivity contribution >= 4 is 11.6 Å². The number of H-pyrrole nitrogens is 1. The average molecular weight is 315 g/mol. The van der Waals surface area contributed by atoms with E-state index in [2.05, 4.69) is 27.3 Å². The number of fused-ring (bicyclic) bond motifs is 1. The molecule has 3 aromatic rings. The van der Waals surface area contributed by atoms with Crippen LogP contribution in [0.1, 0.15) is 24.6 Å². The quantitative estimate of drug-likeness (QED) is 0.779. The molecule has 1 aliphatic carbocycles. The minimum absolute atomic E-state index is 0.469. The highest BCUT2D eigenvalue weighted by Crippen LogP contribution is 2.32. The topological polar surface area (TPSA) is 67.6 Å². The van der Waals surface area contributed by atoms with Gasteiger partial charge in [-0.3, -0.25) is 5.10 Å². The van der Waals surface area contributed by atoms with Crippen molar-refractivity contribution < 1.29 is 4.52 Å². The van der Waals surface area contributed by atoms with Crippen LogP contribution in [0.15, 0.2) is 28.8 Å². The Balaban J connectivity index is 1.70. The van der Waals surface area contributed by atoms with E-state index in [1.165, 1.54) is 17.7 Å². The second kappa shape index (κ2) is 5.25. The van der Waals surface area contributed by atoms with Gasteiger partial charge in [-0.25, -0.2) is 0 Å². The molecule has 22 heavy (non-hydrogen) atoms. The van der Waals surface area contributed by atoms with Crippen LogP contribution in [-0.2, 0) is 12.8 Å². The highest BCUT2D eigenvalue weighted by molar-refractivity contribution is 6.30. The number of hydrogen-bond acceptors (Lipinski definition) is 4. The third kappa shape index (κ3) is 2.31. The molecule has 0 bridgehead atoms. The average Bonchev–Trinajstić information content (AvgIpc) is 3.14. The molecular formula is C16H15ClN4O. The van der Waals surface area contributed by atoms with Crippen molar-refractivity contribution in [3.8, 4) is 23.0 Å². The van der Waals surface area contributed by atoms with Gasteiger partial charge in [-0.2, -0.15) is 10.1 Å². The van der Waals surface area contributed by atoms with Crippen LogP contribution in [-0.4, -0.2) is 20.3 Å². The zero-order valence-electron chi connectivity index (χ0n) is 12.1. The van der Waals surface area contributed by atoms with E-state index < -0.39 is 0 Å². The zero-order valence-corrected chi connectivity index (χ0v) is 12.9. The summed E-state index contributed by atoms with van der Waals surface area (Å²) in [6, 6.07) is 7.37. The third-order valence-corrected chi connectivity index (χ3v) is 4.38. The molecule has 112 valence electrons. The first-order valence-electron chi connectivity index (χ1n) is 7.37. The first-order chi connectivity index (χ1) is 10.7. The van der Waals surface area contributed by atoms with Crippen molar-refractivity contribution in [2.24, 2.45) is 5.92 Å². The number of aromatic amines is 1. The van der Waals surface area contributed by atoms with Crippen LogP contribution in [0.3, 0.4) is 0 Å². The summed E-state index contributed by atoms with van der Waals surface area (Å²) in [5, 5.41) is 12.2. The van der Waals surface area contributed by atoms with E-state index >= 15 is 0 Å². The molecule has 1 atom stereocenters. The van der Waals surface area contributed by atoms with Gasteiger partial charge in [-0.15, -0.1) is 0 Å².